The van der Waals surface area contributed by atoms with Crippen molar-refractivity contribution < 1.29 is 13.2 Å². The summed E-state index contributed by atoms with van der Waals surface area (Å²) in [5.74, 6) is 0.290. The Hall–Kier alpha value is -1.41. The van der Waals surface area contributed by atoms with Gasteiger partial charge >= 0.3 is 0 Å². The van der Waals surface area contributed by atoms with E-state index in [0.29, 0.717) is 25.9 Å². The zero-order valence-electron chi connectivity index (χ0n) is 11.3. The Labute approximate surface area is 118 Å². The van der Waals surface area contributed by atoms with Crippen LogP contribution in [0.5, 0.6) is 0 Å². The van der Waals surface area contributed by atoms with Gasteiger partial charge in [-0.1, -0.05) is 0 Å². The van der Waals surface area contributed by atoms with Crippen LogP contribution in [-0.2, 0) is 21.9 Å². The van der Waals surface area contributed by atoms with E-state index in [2.05, 4.69) is 10.4 Å². The third-order valence-corrected chi connectivity index (χ3v) is 6.11. The number of nitrogens with zero attached hydrogens (tertiary/aromatic N) is 3. The van der Waals surface area contributed by atoms with Crippen LogP contribution in [-0.4, -0.2) is 47.5 Å². The maximum absolute atomic E-state index is 12.6. The molecular formula is C12H18N4O3S. The Morgan fingerprint density at radius 3 is 2.90 bits per heavy atom. The summed E-state index contributed by atoms with van der Waals surface area (Å²) in [5.41, 5.74) is 0. The van der Waals surface area contributed by atoms with Crippen LogP contribution in [0.15, 0.2) is 17.3 Å². The molecule has 8 heteroatoms. The minimum Gasteiger partial charge on any atom is -0.353 e. The summed E-state index contributed by atoms with van der Waals surface area (Å²) >= 11 is 0. The predicted molar refractivity (Wildman–Crippen MR) is 71.2 cm³/mol. The molecule has 1 aromatic heterocycles. The first-order valence-corrected chi connectivity index (χ1v) is 8.20. The predicted octanol–water partition coefficient (Wildman–Crippen LogP) is -0.291. The molecule has 3 rings (SSSR count). The number of nitrogens with one attached hydrogen (secondary N) is 1. The summed E-state index contributed by atoms with van der Waals surface area (Å²) in [6.07, 6.45) is 3.41. The fourth-order valence-electron chi connectivity index (χ4n) is 3.04. The molecule has 0 aliphatic carbocycles. The van der Waals surface area contributed by atoms with Crippen LogP contribution in [0, 0.1) is 5.92 Å². The van der Waals surface area contributed by atoms with E-state index < -0.39 is 10.0 Å². The van der Waals surface area contributed by atoms with Gasteiger partial charge in [0, 0.05) is 32.6 Å². The van der Waals surface area contributed by atoms with Crippen molar-refractivity contribution in [2.45, 2.75) is 30.3 Å². The fraction of sp³-hybridized carbons (Fsp3) is 0.667. The number of amides is 1. The summed E-state index contributed by atoms with van der Waals surface area (Å²) in [6.45, 7) is 0.910. The molecule has 2 saturated heterocycles. The van der Waals surface area contributed by atoms with Crippen LogP contribution < -0.4 is 5.32 Å². The van der Waals surface area contributed by atoms with Crippen molar-refractivity contribution in [2.24, 2.45) is 13.0 Å². The zero-order valence-corrected chi connectivity index (χ0v) is 12.1. The number of fused-ring (bicyclic) bond motifs is 1. The van der Waals surface area contributed by atoms with Crippen molar-refractivity contribution in [3.63, 3.8) is 0 Å². The molecule has 0 radical (unpaired) electrons. The number of carbonyl (C=O) groups excluding carboxylic acids is 1. The van der Waals surface area contributed by atoms with Crippen LogP contribution >= 0.6 is 0 Å². The van der Waals surface area contributed by atoms with Crippen molar-refractivity contribution >= 4 is 15.9 Å². The van der Waals surface area contributed by atoms with Gasteiger partial charge in [0.25, 0.3) is 10.0 Å². The van der Waals surface area contributed by atoms with Gasteiger partial charge in [0.1, 0.15) is 0 Å². The van der Waals surface area contributed by atoms with E-state index in [0.717, 1.165) is 6.42 Å². The molecule has 2 unspecified atom stereocenters. The number of aryl methyl sites for hydroxylation is 1. The number of aromatic nitrogens is 2. The van der Waals surface area contributed by atoms with Crippen LogP contribution in [0.1, 0.15) is 19.3 Å². The number of piperidine rings is 2. The van der Waals surface area contributed by atoms with E-state index in [9.17, 15) is 13.2 Å². The number of hydrogen-bond acceptors (Lipinski definition) is 4. The van der Waals surface area contributed by atoms with Crippen LogP contribution in [0.25, 0.3) is 0 Å². The molecule has 0 bridgehead atoms. The van der Waals surface area contributed by atoms with E-state index in [4.69, 9.17) is 0 Å². The van der Waals surface area contributed by atoms with E-state index in [1.807, 2.05) is 0 Å². The lowest BCUT2D eigenvalue weighted by Gasteiger charge is -2.40. The van der Waals surface area contributed by atoms with Crippen molar-refractivity contribution in [1.82, 2.24) is 19.4 Å². The number of carbonyl (C=O) groups is 1. The summed E-state index contributed by atoms with van der Waals surface area (Å²) < 4.78 is 28.1. The second kappa shape index (κ2) is 4.85. The third-order valence-electron chi connectivity index (χ3n) is 4.17. The number of rotatable bonds is 2. The highest BCUT2D eigenvalue weighted by atomic mass is 32.2. The summed E-state index contributed by atoms with van der Waals surface area (Å²) in [6, 6.07) is 1.64. The minimum absolute atomic E-state index is 0.0780. The van der Waals surface area contributed by atoms with Crippen molar-refractivity contribution in [2.75, 3.05) is 13.1 Å². The number of hydrogen-bond donors (Lipinski definition) is 1. The normalized spacial score (nSPS) is 27.9. The molecule has 110 valence electrons. The van der Waals surface area contributed by atoms with Crippen LogP contribution in [0.3, 0.4) is 0 Å². The molecule has 0 spiro atoms. The minimum atomic E-state index is -3.49. The van der Waals surface area contributed by atoms with E-state index in [1.165, 1.54) is 21.3 Å². The maximum Gasteiger partial charge on any atom is 0.260 e. The first-order chi connectivity index (χ1) is 9.48. The van der Waals surface area contributed by atoms with E-state index in [1.54, 1.807) is 7.05 Å². The van der Waals surface area contributed by atoms with Gasteiger partial charge in [0.05, 0.1) is 6.20 Å². The molecule has 3 heterocycles. The molecule has 1 aromatic rings. The van der Waals surface area contributed by atoms with Gasteiger partial charge in [-0.3, -0.25) is 9.48 Å². The largest absolute Gasteiger partial charge is 0.353 e. The highest BCUT2D eigenvalue weighted by molar-refractivity contribution is 7.89. The summed E-state index contributed by atoms with van der Waals surface area (Å²) in [5, 5.41) is 7.10. The SMILES string of the molecule is Cn1nccc1S(=O)(=O)N1CCC2NC(=O)CCC2C1. The quantitative estimate of drug-likeness (QED) is 0.813. The van der Waals surface area contributed by atoms with Gasteiger partial charge in [-0.25, -0.2) is 8.42 Å². The molecule has 2 fully saturated rings. The fourth-order valence-corrected chi connectivity index (χ4v) is 4.65. The molecule has 1 amide bonds. The van der Waals surface area contributed by atoms with Crippen LogP contribution in [0.2, 0.25) is 0 Å². The summed E-state index contributed by atoms with van der Waals surface area (Å²) in [4.78, 5) is 11.4. The first-order valence-electron chi connectivity index (χ1n) is 6.76. The van der Waals surface area contributed by atoms with Crippen molar-refractivity contribution in [3.8, 4) is 0 Å². The molecule has 2 aliphatic heterocycles. The lowest BCUT2D eigenvalue weighted by Crippen LogP contribution is -2.55. The molecular weight excluding hydrogens is 280 g/mol. The second-order valence-corrected chi connectivity index (χ2v) is 7.30. The van der Waals surface area contributed by atoms with Gasteiger partial charge in [0.15, 0.2) is 5.03 Å². The lowest BCUT2D eigenvalue weighted by atomic mass is 9.86. The third kappa shape index (κ3) is 2.22. The zero-order chi connectivity index (χ0) is 14.3. The standard InChI is InChI=1S/C12H18N4O3S/c1-15-12(4-6-13-15)20(18,19)16-7-5-10-9(8-16)2-3-11(17)14-10/h4,6,9-10H,2-3,5,7-8H2,1H3,(H,14,17). The Balaban J connectivity index is 1.80. The average molecular weight is 298 g/mol. The maximum atomic E-state index is 12.6. The van der Waals surface area contributed by atoms with Gasteiger partial charge in [-0.15, -0.1) is 0 Å². The highest BCUT2D eigenvalue weighted by Crippen LogP contribution is 2.28. The Morgan fingerprint density at radius 2 is 2.20 bits per heavy atom. The second-order valence-electron chi connectivity index (χ2n) is 5.42. The lowest BCUT2D eigenvalue weighted by molar-refractivity contribution is -0.124. The van der Waals surface area contributed by atoms with Gasteiger partial charge in [-0.05, 0) is 24.8 Å². The molecule has 2 aliphatic rings. The summed E-state index contributed by atoms with van der Waals surface area (Å²) in [7, 11) is -1.87. The highest BCUT2D eigenvalue weighted by Gasteiger charge is 2.39. The number of sulfonamides is 1. The Kier molecular flexibility index (Phi) is 3.29. The molecule has 2 atom stereocenters. The van der Waals surface area contributed by atoms with Gasteiger partial charge < -0.3 is 5.32 Å². The molecule has 7 nitrogen and oxygen atoms in total. The topological polar surface area (TPSA) is 84.3 Å². The van der Waals surface area contributed by atoms with Crippen LogP contribution in [0.4, 0.5) is 0 Å². The van der Waals surface area contributed by atoms with E-state index >= 15 is 0 Å². The molecule has 0 saturated carbocycles. The smallest absolute Gasteiger partial charge is 0.260 e. The van der Waals surface area contributed by atoms with Crippen molar-refractivity contribution in [1.29, 1.82) is 0 Å². The van der Waals surface area contributed by atoms with Gasteiger partial charge in [0.2, 0.25) is 5.91 Å². The Bertz CT molecular complexity index is 624. The Morgan fingerprint density at radius 1 is 1.40 bits per heavy atom. The first kappa shape index (κ1) is 13.6. The monoisotopic (exact) mass is 298 g/mol. The average Bonchev–Trinajstić information content (AvgIpc) is 2.85. The molecule has 20 heavy (non-hydrogen) atoms. The van der Waals surface area contributed by atoms with E-state index in [-0.39, 0.29) is 22.9 Å². The van der Waals surface area contributed by atoms with Crippen molar-refractivity contribution in [3.05, 3.63) is 12.3 Å². The molecule has 1 N–H and O–H groups in total. The molecule has 0 aromatic carbocycles. The van der Waals surface area contributed by atoms with Gasteiger partial charge in [-0.2, -0.15) is 9.40 Å².